The molecule has 2 atom stereocenters. The molecule has 3 rings (SSSR count). The van der Waals surface area contributed by atoms with Crippen molar-refractivity contribution in [1.29, 1.82) is 0 Å². The van der Waals surface area contributed by atoms with Crippen LogP contribution in [0, 0.1) is 0 Å². The number of esters is 1. The molecule has 0 aliphatic carbocycles. The number of methoxy groups -OCH3 is 1. The van der Waals surface area contributed by atoms with E-state index in [1.807, 2.05) is 11.4 Å². The Hall–Kier alpha value is -0.950. The van der Waals surface area contributed by atoms with Crippen molar-refractivity contribution in [2.24, 2.45) is 0 Å². The van der Waals surface area contributed by atoms with Crippen molar-refractivity contribution < 1.29 is 14.3 Å². The molecule has 0 spiro atoms. The zero-order valence-corrected chi connectivity index (χ0v) is 14.6. The van der Waals surface area contributed by atoms with E-state index in [2.05, 4.69) is 15.2 Å². The minimum Gasteiger partial charge on any atom is -0.468 e. The molecule has 0 N–H and O–H groups in total. The number of ether oxygens (including phenoxy) is 2. The van der Waals surface area contributed by atoms with Crippen LogP contribution in [0.1, 0.15) is 30.9 Å². The van der Waals surface area contributed by atoms with Gasteiger partial charge >= 0.3 is 5.97 Å². The van der Waals surface area contributed by atoms with E-state index in [9.17, 15) is 4.79 Å². The maximum absolute atomic E-state index is 12.5. The van der Waals surface area contributed by atoms with E-state index >= 15 is 0 Å². The van der Waals surface area contributed by atoms with Crippen LogP contribution in [0.5, 0.6) is 0 Å². The number of hydrogen-bond donors (Lipinski definition) is 0. The van der Waals surface area contributed by atoms with Crippen molar-refractivity contribution in [1.82, 2.24) is 9.80 Å². The number of hydrogen-bond acceptors (Lipinski definition) is 6. The molecule has 128 valence electrons. The minimum atomic E-state index is -0.266. The molecule has 5 nitrogen and oxygen atoms in total. The maximum Gasteiger partial charge on any atom is 0.327 e. The van der Waals surface area contributed by atoms with Gasteiger partial charge in [0.05, 0.1) is 20.3 Å². The third-order valence-corrected chi connectivity index (χ3v) is 5.56. The van der Waals surface area contributed by atoms with Crippen LogP contribution in [0.3, 0.4) is 0 Å². The van der Waals surface area contributed by atoms with E-state index in [-0.39, 0.29) is 12.0 Å². The third kappa shape index (κ3) is 4.12. The number of carbonyl (C=O) groups excluding carboxylic acids is 1. The van der Waals surface area contributed by atoms with Crippen molar-refractivity contribution in [3.63, 3.8) is 0 Å². The van der Waals surface area contributed by atoms with E-state index in [1.165, 1.54) is 13.5 Å². The highest BCUT2D eigenvalue weighted by molar-refractivity contribution is 7.08. The monoisotopic (exact) mass is 338 g/mol. The van der Waals surface area contributed by atoms with Gasteiger partial charge in [-0.25, -0.2) is 4.79 Å². The molecule has 3 heterocycles. The van der Waals surface area contributed by atoms with Gasteiger partial charge < -0.3 is 9.47 Å². The second-order valence-electron chi connectivity index (χ2n) is 6.28. The Bertz CT molecular complexity index is 488. The summed E-state index contributed by atoms with van der Waals surface area (Å²) in [5.41, 5.74) is 1.07. The van der Waals surface area contributed by atoms with Crippen LogP contribution in [0.2, 0.25) is 0 Å². The molecule has 0 unspecified atom stereocenters. The van der Waals surface area contributed by atoms with Gasteiger partial charge in [0, 0.05) is 25.7 Å². The van der Waals surface area contributed by atoms with Crippen molar-refractivity contribution in [2.45, 2.75) is 31.3 Å². The number of carbonyl (C=O) groups is 1. The summed E-state index contributed by atoms with van der Waals surface area (Å²) in [5.74, 6) is -0.141. The Labute approximate surface area is 142 Å². The molecule has 0 saturated carbocycles. The van der Waals surface area contributed by atoms with Crippen LogP contribution in [-0.4, -0.2) is 68.3 Å². The number of thiophene rings is 1. The average molecular weight is 338 g/mol. The lowest BCUT2D eigenvalue weighted by atomic mass is 9.96. The largest absolute Gasteiger partial charge is 0.468 e. The van der Waals surface area contributed by atoms with Crippen molar-refractivity contribution in [3.8, 4) is 0 Å². The first-order chi connectivity index (χ1) is 11.3. The zero-order valence-electron chi connectivity index (χ0n) is 13.8. The van der Waals surface area contributed by atoms with Crippen LogP contribution in [0.15, 0.2) is 16.8 Å². The molecule has 6 heteroatoms. The molecule has 2 aliphatic rings. The molecule has 0 aromatic carbocycles. The van der Waals surface area contributed by atoms with E-state index in [1.54, 1.807) is 11.3 Å². The Kier molecular flexibility index (Phi) is 6.05. The lowest BCUT2D eigenvalue weighted by Crippen LogP contribution is -2.51. The lowest BCUT2D eigenvalue weighted by Gasteiger charge is -2.42. The highest BCUT2D eigenvalue weighted by Crippen LogP contribution is 2.31. The number of rotatable bonds is 5. The molecule has 23 heavy (non-hydrogen) atoms. The van der Waals surface area contributed by atoms with Gasteiger partial charge in [0.2, 0.25) is 0 Å². The first kappa shape index (κ1) is 16.9. The number of likely N-dealkylation sites (tertiary alicyclic amines) is 1. The summed E-state index contributed by atoms with van der Waals surface area (Å²) in [5, 5.41) is 4.11. The smallest absolute Gasteiger partial charge is 0.327 e. The minimum absolute atomic E-state index is 0.141. The lowest BCUT2D eigenvalue weighted by molar-refractivity contribution is -0.149. The molecule has 0 radical (unpaired) electrons. The van der Waals surface area contributed by atoms with E-state index in [4.69, 9.17) is 9.47 Å². The van der Waals surface area contributed by atoms with Gasteiger partial charge in [-0.2, -0.15) is 11.3 Å². The van der Waals surface area contributed by atoms with Crippen LogP contribution in [0.25, 0.3) is 0 Å². The highest BCUT2D eigenvalue weighted by Gasteiger charge is 2.36. The topological polar surface area (TPSA) is 42.0 Å². The summed E-state index contributed by atoms with van der Waals surface area (Å²) in [6.07, 6.45) is 3.54. The van der Waals surface area contributed by atoms with Gasteiger partial charge in [-0.3, -0.25) is 9.80 Å². The molecular formula is C17H26N2O3S. The summed E-state index contributed by atoms with van der Waals surface area (Å²) in [4.78, 5) is 17.3. The Morgan fingerprint density at radius 1 is 1.39 bits per heavy atom. The average Bonchev–Trinajstić information content (AvgIpc) is 3.11. The van der Waals surface area contributed by atoms with Crippen molar-refractivity contribution >= 4 is 17.3 Å². The number of piperidine rings is 1. The second kappa shape index (κ2) is 8.24. The molecule has 0 bridgehead atoms. The van der Waals surface area contributed by atoms with Gasteiger partial charge in [-0.1, -0.05) is 6.42 Å². The van der Waals surface area contributed by atoms with Gasteiger partial charge in [0.25, 0.3) is 0 Å². The first-order valence-corrected chi connectivity index (χ1v) is 9.39. The van der Waals surface area contributed by atoms with Gasteiger partial charge in [0.15, 0.2) is 0 Å². The molecule has 2 saturated heterocycles. The number of nitrogens with zero attached hydrogens (tertiary/aromatic N) is 2. The van der Waals surface area contributed by atoms with Crippen molar-refractivity contribution in [3.05, 3.63) is 22.4 Å². The Morgan fingerprint density at radius 3 is 2.91 bits per heavy atom. The normalized spacial score (nSPS) is 25.2. The molecule has 2 fully saturated rings. The summed E-state index contributed by atoms with van der Waals surface area (Å²) >= 11 is 1.64. The first-order valence-electron chi connectivity index (χ1n) is 8.45. The second-order valence-corrected chi connectivity index (χ2v) is 7.06. The summed E-state index contributed by atoms with van der Waals surface area (Å²) in [6, 6.07) is 2.19. The third-order valence-electron chi connectivity index (χ3n) is 4.86. The van der Waals surface area contributed by atoms with Gasteiger partial charge in [-0.05, 0) is 41.8 Å². The fraction of sp³-hybridized carbons (Fsp3) is 0.706. The van der Waals surface area contributed by atoms with Gasteiger partial charge in [0.1, 0.15) is 6.04 Å². The van der Waals surface area contributed by atoms with Crippen molar-refractivity contribution in [2.75, 3.05) is 46.5 Å². The number of morpholine rings is 1. The maximum atomic E-state index is 12.5. The SMILES string of the molecule is COC(=O)[C@H](c1ccsc1)N1CCCC[C@H]1CN1CCOCC1. The summed E-state index contributed by atoms with van der Waals surface area (Å²) < 4.78 is 10.6. The molecule has 1 aromatic rings. The van der Waals surface area contributed by atoms with Gasteiger partial charge in [-0.15, -0.1) is 0 Å². The Balaban J connectivity index is 1.76. The standard InChI is InChI=1S/C17H26N2O3S/c1-21-17(20)16(14-5-11-23-13-14)19-6-3-2-4-15(19)12-18-7-9-22-10-8-18/h5,11,13,15-16H,2-4,6-10,12H2,1H3/t15-,16-/m0/s1. The van der Waals surface area contributed by atoms with Crippen LogP contribution in [-0.2, 0) is 14.3 Å². The predicted molar refractivity (Wildman–Crippen MR) is 90.7 cm³/mol. The Morgan fingerprint density at radius 2 is 2.22 bits per heavy atom. The molecular weight excluding hydrogens is 312 g/mol. The fourth-order valence-corrected chi connectivity index (χ4v) is 4.32. The molecule has 0 amide bonds. The summed E-state index contributed by atoms with van der Waals surface area (Å²) in [7, 11) is 1.49. The molecule has 2 aliphatic heterocycles. The molecule has 1 aromatic heterocycles. The van der Waals surface area contributed by atoms with Crippen LogP contribution < -0.4 is 0 Å². The highest BCUT2D eigenvalue weighted by atomic mass is 32.1. The van der Waals surface area contributed by atoms with Crippen LogP contribution >= 0.6 is 11.3 Å². The quantitative estimate of drug-likeness (QED) is 0.770. The van der Waals surface area contributed by atoms with E-state index < -0.39 is 0 Å². The zero-order chi connectivity index (χ0) is 16.1. The van der Waals surface area contributed by atoms with Crippen LogP contribution in [0.4, 0.5) is 0 Å². The fourth-order valence-electron chi connectivity index (χ4n) is 3.65. The summed E-state index contributed by atoms with van der Waals surface area (Å²) in [6.45, 7) is 5.60. The van der Waals surface area contributed by atoms with E-state index in [0.717, 1.165) is 57.8 Å². The van der Waals surface area contributed by atoms with E-state index in [0.29, 0.717) is 6.04 Å². The predicted octanol–water partition coefficient (Wildman–Crippen LogP) is 2.15.